The fourth-order valence-corrected chi connectivity index (χ4v) is 5.72. The SMILES string of the molecule is C[C@@H](NC(=O)C[C@H]1C[C@@H]2c3cc(NC(=O)NC4CCCC4)ccc3O[C@@H]2[C@@H](CO)O1)c1ccccc1. The highest BCUT2D eigenvalue weighted by molar-refractivity contribution is 5.89. The van der Waals surface area contributed by atoms with Gasteiger partial charge in [-0.3, -0.25) is 4.79 Å². The first-order valence-electron chi connectivity index (χ1n) is 13.0. The van der Waals surface area contributed by atoms with Gasteiger partial charge in [0.1, 0.15) is 18.0 Å². The molecule has 0 radical (unpaired) electrons. The molecule has 36 heavy (non-hydrogen) atoms. The largest absolute Gasteiger partial charge is 0.487 e. The zero-order valence-electron chi connectivity index (χ0n) is 20.6. The number of aliphatic hydroxyl groups is 1. The molecule has 0 unspecified atom stereocenters. The number of carbonyl (C=O) groups is 2. The van der Waals surface area contributed by atoms with Crippen LogP contribution in [-0.2, 0) is 9.53 Å². The zero-order chi connectivity index (χ0) is 25.1. The van der Waals surface area contributed by atoms with Crippen LogP contribution in [0.1, 0.15) is 68.5 Å². The molecular weight excluding hydrogens is 458 g/mol. The van der Waals surface area contributed by atoms with E-state index >= 15 is 0 Å². The van der Waals surface area contributed by atoms with E-state index in [2.05, 4.69) is 16.0 Å². The Morgan fingerprint density at radius 2 is 1.89 bits per heavy atom. The van der Waals surface area contributed by atoms with E-state index < -0.39 is 6.10 Å². The summed E-state index contributed by atoms with van der Waals surface area (Å²) in [6.45, 7) is 1.77. The highest BCUT2D eigenvalue weighted by atomic mass is 16.6. The van der Waals surface area contributed by atoms with Gasteiger partial charge in [-0.05, 0) is 49.9 Å². The molecule has 0 aromatic heterocycles. The number of fused-ring (bicyclic) bond motifs is 3. The molecule has 5 rings (SSSR count). The van der Waals surface area contributed by atoms with Gasteiger partial charge in [0.2, 0.25) is 5.91 Å². The minimum atomic E-state index is -0.525. The number of hydrogen-bond donors (Lipinski definition) is 4. The molecule has 3 amide bonds. The van der Waals surface area contributed by atoms with Gasteiger partial charge in [-0.15, -0.1) is 0 Å². The van der Waals surface area contributed by atoms with Crippen molar-refractivity contribution in [2.24, 2.45) is 0 Å². The highest BCUT2D eigenvalue weighted by Gasteiger charge is 2.46. The van der Waals surface area contributed by atoms with Gasteiger partial charge in [0.25, 0.3) is 0 Å². The Balaban J connectivity index is 1.23. The Bertz CT molecular complexity index is 1070. The Labute approximate surface area is 211 Å². The number of amides is 3. The van der Waals surface area contributed by atoms with Crippen LogP contribution in [0.15, 0.2) is 48.5 Å². The van der Waals surface area contributed by atoms with Crippen molar-refractivity contribution in [2.45, 2.75) is 81.8 Å². The van der Waals surface area contributed by atoms with Crippen molar-refractivity contribution in [2.75, 3.05) is 11.9 Å². The molecule has 2 aromatic carbocycles. The van der Waals surface area contributed by atoms with Crippen LogP contribution in [-0.4, -0.2) is 48.0 Å². The number of ether oxygens (including phenoxy) is 2. The first kappa shape index (κ1) is 24.6. The van der Waals surface area contributed by atoms with Crippen LogP contribution in [0.3, 0.4) is 0 Å². The second kappa shape index (κ2) is 10.9. The van der Waals surface area contributed by atoms with Crippen LogP contribution in [0.2, 0.25) is 0 Å². The van der Waals surface area contributed by atoms with E-state index in [0.29, 0.717) is 12.1 Å². The molecule has 192 valence electrons. The normalized spacial score (nSPS) is 25.8. The number of hydrogen-bond acceptors (Lipinski definition) is 5. The standard InChI is InChI=1S/C28H35N3O5/c1-17(18-7-3-2-4-8-18)29-26(33)15-21-14-23-22-13-20(31-28(34)30-19-9-5-6-10-19)11-12-24(22)36-27(23)25(16-32)35-21/h2-4,7-8,11-13,17,19,21,23,25,27,32H,5-6,9-10,14-16H2,1H3,(H,29,33)(H2,30,31,34)/t17-,21-,23-,25-,27+/m1/s1. The zero-order valence-corrected chi connectivity index (χ0v) is 20.6. The molecule has 8 heteroatoms. The lowest BCUT2D eigenvalue weighted by atomic mass is 9.84. The molecule has 1 aliphatic carbocycles. The second-order valence-electron chi connectivity index (χ2n) is 10.1. The third kappa shape index (κ3) is 5.50. The van der Waals surface area contributed by atoms with Crippen LogP contribution >= 0.6 is 0 Å². The summed E-state index contributed by atoms with van der Waals surface area (Å²) >= 11 is 0. The van der Waals surface area contributed by atoms with Crippen LogP contribution in [0, 0.1) is 0 Å². The minimum absolute atomic E-state index is 0.0325. The Morgan fingerprint density at radius 1 is 1.11 bits per heavy atom. The second-order valence-corrected chi connectivity index (χ2v) is 10.1. The maximum atomic E-state index is 12.8. The number of aliphatic hydroxyl groups excluding tert-OH is 1. The van der Waals surface area contributed by atoms with Crippen molar-refractivity contribution in [3.63, 3.8) is 0 Å². The molecule has 0 spiro atoms. The molecule has 2 fully saturated rings. The van der Waals surface area contributed by atoms with Gasteiger partial charge < -0.3 is 30.5 Å². The molecule has 0 bridgehead atoms. The number of rotatable bonds is 7. The third-order valence-electron chi connectivity index (χ3n) is 7.54. The molecule has 8 nitrogen and oxygen atoms in total. The summed E-state index contributed by atoms with van der Waals surface area (Å²) in [6.07, 6.45) is 3.97. The maximum Gasteiger partial charge on any atom is 0.319 e. The fraction of sp³-hybridized carbons (Fsp3) is 0.500. The molecule has 1 saturated heterocycles. The Hall–Kier alpha value is -3.10. The average molecular weight is 494 g/mol. The summed E-state index contributed by atoms with van der Waals surface area (Å²) in [6, 6.07) is 15.4. The summed E-state index contributed by atoms with van der Waals surface area (Å²) < 4.78 is 12.2. The number of benzene rings is 2. The van der Waals surface area contributed by atoms with Gasteiger partial charge in [-0.2, -0.15) is 0 Å². The lowest BCUT2D eigenvalue weighted by molar-refractivity contribution is -0.142. The summed E-state index contributed by atoms with van der Waals surface area (Å²) in [5.74, 6) is 0.608. The Morgan fingerprint density at radius 3 is 2.64 bits per heavy atom. The van der Waals surface area contributed by atoms with E-state index in [9.17, 15) is 14.7 Å². The number of carbonyl (C=O) groups excluding carboxylic acids is 2. The molecule has 3 aliphatic rings. The summed E-state index contributed by atoms with van der Waals surface area (Å²) in [5, 5.41) is 19.0. The van der Waals surface area contributed by atoms with Crippen molar-refractivity contribution in [3.8, 4) is 5.75 Å². The molecule has 2 heterocycles. The average Bonchev–Trinajstić information content (AvgIpc) is 3.51. The van der Waals surface area contributed by atoms with Gasteiger partial charge >= 0.3 is 6.03 Å². The maximum absolute atomic E-state index is 12.8. The van der Waals surface area contributed by atoms with Crippen molar-refractivity contribution in [1.82, 2.24) is 10.6 Å². The molecule has 5 atom stereocenters. The van der Waals surface area contributed by atoms with Crippen molar-refractivity contribution in [3.05, 3.63) is 59.7 Å². The smallest absolute Gasteiger partial charge is 0.319 e. The Kier molecular flexibility index (Phi) is 7.43. The van der Waals surface area contributed by atoms with Crippen LogP contribution in [0.25, 0.3) is 0 Å². The highest BCUT2D eigenvalue weighted by Crippen LogP contribution is 2.47. The first-order chi connectivity index (χ1) is 17.5. The van der Waals surface area contributed by atoms with Crippen LogP contribution in [0.4, 0.5) is 10.5 Å². The van der Waals surface area contributed by atoms with E-state index in [-0.39, 0.29) is 55.2 Å². The van der Waals surface area contributed by atoms with E-state index in [1.54, 1.807) is 0 Å². The van der Waals surface area contributed by atoms with Gasteiger partial charge in [0.05, 0.1) is 25.2 Å². The van der Waals surface area contributed by atoms with Gasteiger partial charge in [-0.25, -0.2) is 4.79 Å². The monoisotopic (exact) mass is 493 g/mol. The molecule has 1 saturated carbocycles. The van der Waals surface area contributed by atoms with Crippen LogP contribution in [0.5, 0.6) is 5.75 Å². The molecular formula is C28H35N3O5. The number of nitrogens with one attached hydrogen (secondary N) is 3. The first-order valence-corrected chi connectivity index (χ1v) is 13.0. The molecule has 2 aliphatic heterocycles. The number of urea groups is 1. The van der Waals surface area contributed by atoms with E-state index in [0.717, 1.165) is 42.6 Å². The van der Waals surface area contributed by atoms with Crippen molar-refractivity contribution < 1.29 is 24.2 Å². The quantitative estimate of drug-likeness (QED) is 0.466. The third-order valence-corrected chi connectivity index (χ3v) is 7.54. The van der Waals surface area contributed by atoms with E-state index in [1.807, 2.05) is 55.5 Å². The predicted octanol–water partition coefficient (Wildman–Crippen LogP) is 4.01. The van der Waals surface area contributed by atoms with Gasteiger partial charge in [0, 0.05) is 23.2 Å². The predicted molar refractivity (Wildman–Crippen MR) is 136 cm³/mol. The summed E-state index contributed by atoms with van der Waals surface area (Å²) in [5.41, 5.74) is 2.72. The van der Waals surface area contributed by atoms with Gasteiger partial charge in [-0.1, -0.05) is 43.2 Å². The lowest BCUT2D eigenvalue weighted by Gasteiger charge is -2.37. The summed E-state index contributed by atoms with van der Waals surface area (Å²) in [4.78, 5) is 25.3. The lowest BCUT2D eigenvalue weighted by Crippen LogP contribution is -2.47. The van der Waals surface area contributed by atoms with Gasteiger partial charge in [0.15, 0.2) is 0 Å². The fourth-order valence-electron chi connectivity index (χ4n) is 5.72. The topological polar surface area (TPSA) is 109 Å². The van der Waals surface area contributed by atoms with E-state index in [1.165, 1.54) is 0 Å². The molecule has 4 N–H and O–H groups in total. The van der Waals surface area contributed by atoms with E-state index in [4.69, 9.17) is 9.47 Å². The van der Waals surface area contributed by atoms with Crippen molar-refractivity contribution in [1.29, 1.82) is 0 Å². The van der Waals surface area contributed by atoms with Crippen LogP contribution < -0.4 is 20.7 Å². The number of anilines is 1. The summed E-state index contributed by atoms with van der Waals surface area (Å²) in [7, 11) is 0. The van der Waals surface area contributed by atoms with Crippen molar-refractivity contribution >= 4 is 17.6 Å². The molecule has 2 aromatic rings. The minimum Gasteiger partial charge on any atom is -0.487 e.